The second-order valence-electron chi connectivity index (χ2n) is 4.29. The highest BCUT2D eigenvalue weighted by atomic mass is 79.9. The lowest BCUT2D eigenvalue weighted by atomic mass is 9.78. The zero-order valence-corrected chi connectivity index (χ0v) is 11.8. The molecule has 16 heavy (non-hydrogen) atoms. The number of rotatable bonds is 4. The van der Waals surface area contributed by atoms with Gasteiger partial charge in [-0.25, -0.2) is 0 Å². The van der Waals surface area contributed by atoms with Crippen molar-refractivity contribution < 1.29 is 5.11 Å². The number of hydrogen-bond acceptors (Lipinski definition) is 2. The molecule has 0 radical (unpaired) electrons. The number of nitrogens with two attached hydrogens (primary N) is 1. The molecule has 1 aromatic rings. The molecule has 2 atom stereocenters. The molecule has 0 aliphatic rings. The Morgan fingerprint density at radius 3 is 2.62 bits per heavy atom. The summed E-state index contributed by atoms with van der Waals surface area (Å²) in [5.74, 6) is 0. The van der Waals surface area contributed by atoms with Crippen molar-refractivity contribution in [1.29, 1.82) is 0 Å². The minimum atomic E-state index is -0.573. The number of halogens is 2. The highest BCUT2D eigenvalue weighted by Gasteiger charge is 2.31. The van der Waals surface area contributed by atoms with Crippen LogP contribution in [-0.2, 0) is 0 Å². The topological polar surface area (TPSA) is 46.2 Å². The van der Waals surface area contributed by atoms with Gasteiger partial charge in [0.05, 0.1) is 11.1 Å². The summed E-state index contributed by atoms with van der Waals surface area (Å²) < 4.78 is 0.793. The van der Waals surface area contributed by atoms with Crippen LogP contribution in [0, 0.1) is 5.41 Å². The summed E-state index contributed by atoms with van der Waals surface area (Å²) in [6, 6.07) is 5.45. The van der Waals surface area contributed by atoms with Gasteiger partial charge in [-0.1, -0.05) is 31.5 Å². The summed E-state index contributed by atoms with van der Waals surface area (Å²) in [7, 11) is 0. The predicted molar refractivity (Wildman–Crippen MR) is 71.6 cm³/mol. The summed E-state index contributed by atoms with van der Waals surface area (Å²) in [4.78, 5) is 0. The average molecular weight is 307 g/mol. The van der Waals surface area contributed by atoms with E-state index >= 15 is 0 Å². The number of benzene rings is 1. The maximum Gasteiger partial charge on any atom is 0.0855 e. The Morgan fingerprint density at radius 2 is 2.19 bits per heavy atom. The van der Waals surface area contributed by atoms with Gasteiger partial charge in [0.25, 0.3) is 0 Å². The van der Waals surface area contributed by atoms with Crippen LogP contribution in [0.3, 0.4) is 0 Å². The molecule has 2 nitrogen and oxygen atoms in total. The van der Waals surface area contributed by atoms with Gasteiger partial charge < -0.3 is 10.8 Å². The van der Waals surface area contributed by atoms with Gasteiger partial charge in [0.1, 0.15) is 0 Å². The van der Waals surface area contributed by atoms with E-state index in [1.54, 1.807) is 6.07 Å². The summed E-state index contributed by atoms with van der Waals surface area (Å²) in [5, 5.41) is 11.0. The summed E-state index contributed by atoms with van der Waals surface area (Å²) in [6.45, 7) is 4.46. The van der Waals surface area contributed by atoms with Crippen LogP contribution in [0.4, 0.5) is 0 Å². The molecule has 0 saturated heterocycles. The van der Waals surface area contributed by atoms with E-state index < -0.39 is 6.10 Å². The second kappa shape index (κ2) is 5.50. The Morgan fingerprint density at radius 1 is 1.56 bits per heavy atom. The summed E-state index contributed by atoms with van der Waals surface area (Å²) in [5.41, 5.74) is 6.27. The van der Waals surface area contributed by atoms with Crippen molar-refractivity contribution >= 4 is 27.5 Å². The van der Waals surface area contributed by atoms with E-state index in [4.69, 9.17) is 17.3 Å². The van der Waals surface area contributed by atoms with E-state index in [0.29, 0.717) is 11.6 Å². The van der Waals surface area contributed by atoms with Crippen LogP contribution >= 0.6 is 27.5 Å². The quantitative estimate of drug-likeness (QED) is 0.894. The van der Waals surface area contributed by atoms with Gasteiger partial charge in [-0.3, -0.25) is 0 Å². The largest absolute Gasteiger partial charge is 0.388 e. The van der Waals surface area contributed by atoms with Crippen LogP contribution < -0.4 is 5.73 Å². The lowest BCUT2D eigenvalue weighted by Gasteiger charge is -2.32. The minimum absolute atomic E-state index is 0.298. The van der Waals surface area contributed by atoms with Crippen molar-refractivity contribution in [1.82, 2.24) is 0 Å². The molecule has 0 aromatic heterocycles. The first-order chi connectivity index (χ1) is 7.44. The van der Waals surface area contributed by atoms with Gasteiger partial charge in [0, 0.05) is 16.4 Å². The van der Waals surface area contributed by atoms with Gasteiger partial charge in [0.2, 0.25) is 0 Å². The zero-order chi connectivity index (χ0) is 12.3. The van der Waals surface area contributed by atoms with E-state index in [1.165, 1.54) is 0 Å². The van der Waals surface area contributed by atoms with Gasteiger partial charge in [-0.2, -0.15) is 0 Å². The molecule has 90 valence electrons. The highest BCUT2D eigenvalue weighted by Crippen LogP contribution is 2.37. The fourth-order valence-electron chi connectivity index (χ4n) is 1.53. The van der Waals surface area contributed by atoms with E-state index in [1.807, 2.05) is 26.0 Å². The molecule has 0 aliphatic carbocycles. The Hall–Kier alpha value is -0.0900. The van der Waals surface area contributed by atoms with Crippen molar-refractivity contribution in [3.05, 3.63) is 33.3 Å². The molecule has 2 unspecified atom stereocenters. The van der Waals surface area contributed by atoms with Crippen LogP contribution in [0.1, 0.15) is 31.9 Å². The van der Waals surface area contributed by atoms with Gasteiger partial charge in [-0.15, -0.1) is 0 Å². The lowest BCUT2D eigenvalue weighted by Crippen LogP contribution is -2.33. The molecule has 0 bridgehead atoms. The maximum absolute atomic E-state index is 10.3. The number of aliphatic hydroxyl groups is 1. The van der Waals surface area contributed by atoms with Gasteiger partial charge >= 0.3 is 0 Å². The van der Waals surface area contributed by atoms with Crippen LogP contribution in [0.2, 0.25) is 5.02 Å². The van der Waals surface area contributed by atoms with E-state index in [-0.39, 0.29) is 5.41 Å². The van der Waals surface area contributed by atoms with Gasteiger partial charge in [0.15, 0.2) is 0 Å². The molecule has 0 saturated carbocycles. The maximum atomic E-state index is 10.3. The normalized spacial score (nSPS) is 16.9. The van der Waals surface area contributed by atoms with E-state index in [2.05, 4.69) is 15.9 Å². The molecule has 0 amide bonds. The monoisotopic (exact) mass is 305 g/mol. The second-order valence-corrected chi connectivity index (χ2v) is 5.55. The molecule has 0 heterocycles. The Labute approximate surface area is 110 Å². The van der Waals surface area contributed by atoms with Gasteiger partial charge in [-0.05, 0) is 40.0 Å². The Bertz CT molecular complexity index is 366. The minimum Gasteiger partial charge on any atom is -0.388 e. The summed E-state index contributed by atoms with van der Waals surface area (Å²) in [6.07, 6.45) is 0.251. The smallest absolute Gasteiger partial charge is 0.0855 e. The molecule has 1 aromatic carbocycles. The summed E-state index contributed by atoms with van der Waals surface area (Å²) >= 11 is 9.26. The SMILES string of the molecule is CCC(C)(CN)C(O)c1ccc(Cl)c(Br)c1. The van der Waals surface area contributed by atoms with Crippen molar-refractivity contribution in [3.8, 4) is 0 Å². The average Bonchev–Trinajstić information content (AvgIpc) is 2.30. The van der Waals surface area contributed by atoms with E-state index in [9.17, 15) is 5.11 Å². The first kappa shape index (κ1) is 14.0. The molecule has 0 aliphatic heterocycles. The molecule has 0 spiro atoms. The third-order valence-corrected chi connectivity index (χ3v) is 4.41. The molecule has 1 rings (SSSR count). The fraction of sp³-hybridized carbons (Fsp3) is 0.500. The zero-order valence-electron chi connectivity index (χ0n) is 9.50. The molecule has 4 heteroatoms. The Balaban J connectivity index is 3.04. The van der Waals surface area contributed by atoms with Crippen molar-refractivity contribution in [2.45, 2.75) is 26.4 Å². The number of hydrogen-bond donors (Lipinski definition) is 2. The van der Waals surface area contributed by atoms with Crippen LogP contribution in [0.15, 0.2) is 22.7 Å². The Kier molecular flexibility index (Phi) is 4.80. The number of aliphatic hydroxyl groups excluding tert-OH is 1. The van der Waals surface area contributed by atoms with Crippen molar-refractivity contribution in [2.75, 3.05) is 6.54 Å². The lowest BCUT2D eigenvalue weighted by molar-refractivity contribution is 0.0391. The van der Waals surface area contributed by atoms with E-state index in [0.717, 1.165) is 16.5 Å². The predicted octanol–water partition coefficient (Wildman–Crippen LogP) is 3.51. The molecule has 3 N–H and O–H groups in total. The molecular weight excluding hydrogens is 289 g/mol. The van der Waals surface area contributed by atoms with Crippen LogP contribution in [0.5, 0.6) is 0 Å². The van der Waals surface area contributed by atoms with Crippen molar-refractivity contribution in [2.24, 2.45) is 11.1 Å². The van der Waals surface area contributed by atoms with Crippen LogP contribution in [-0.4, -0.2) is 11.7 Å². The standard InChI is InChI=1S/C12H17BrClNO/c1-3-12(2,7-15)11(16)8-4-5-10(14)9(13)6-8/h4-6,11,16H,3,7,15H2,1-2H3. The molecule has 0 fully saturated rings. The van der Waals surface area contributed by atoms with Crippen molar-refractivity contribution in [3.63, 3.8) is 0 Å². The molecular formula is C12H17BrClNO. The fourth-order valence-corrected chi connectivity index (χ4v) is 2.05. The first-order valence-corrected chi connectivity index (χ1v) is 6.44. The third-order valence-electron chi connectivity index (χ3n) is 3.19. The highest BCUT2D eigenvalue weighted by molar-refractivity contribution is 9.10. The first-order valence-electron chi connectivity index (χ1n) is 5.27. The van der Waals surface area contributed by atoms with Crippen LogP contribution in [0.25, 0.3) is 0 Å². The third kappa shape index (κ3) is 2.77.